The Balaban J connectivity index is 2.75. The van der Waals surface area contributed by atoms with E-state index in [2.05, 4.69) is 4.98 Å². The third-order valence-corrected chi connectivity index (χ3v) is 2.43. The second kappa shape index (κ2) is 4.18. The van der Waals surface area contributed by atoms with E-state index in [0.717, 1.165) is 0 Å². The first-order valence-corrected chi connectivity index (χ1v) is 5.15. The van der Waals surface area contributed by atoms with Gasteiger partial charge in [-0.2, -0.15) is 5.26 Å². The van der Waals surface area contributed by atoms with E-state index in [4.69, 9.17) is 15.7 Å². The molecule has 2 aromatic rings. The van der Waals surface area contributed by atoms with E-state index < -0.39 is 0 Å². The molecule has 0 amide bonds. The second-order valence-corrected chi connectivity index (χ2v) is 3.51. The van der Waals surface area contributed by atoms with Crippen molar-refractivity contribution in [2.75, 3.05) is 12.3 Å². The molecule has 5 heteroatoms. The molecular formula is C12H11N3O2. The highest BCUT2D eigenvalue weighted by Gasteiger charge is 2.08. The van der Waals surface area contributed by atoms with Crippen LogP contribution in [0.4, 0.5) is 5.69 Å². The third kappa shape index (κ3) is 1.81. The topological polar surface area (TPSA) is 91.9 Å². The van der Waals surface area contributed by atoms with Gasteiger partial charge in [0.25, 0.3) is 0 Å². The zero-order valence-corrected chi connectivity index (χ0v) is 9.28. The van der Waals surface area contributed by atoms with Crippen LogP contribution >= 0.6 is 0 Å². The molecule has 1 aromatic carbocycles. The van der Waals surface area contributed by atoms with Crippen LogP contribution in [-0.4, -0.2) is 11.6 Å². The molecule has 0 aliphatic carbocycles. The van der Waals surface area contributed by atoms with Crippen LogP contribution in [0.1, 0.15) is 12.5 Å². The van der Waals surface area contributed by atoms with Crippen molar-refractivity contribution in [2.24, 2.45) is 0 Å². The summed E-state index contributed by atoms with van der Waals surface area (Å²) in [6, 6.07) is 5.02. The number of anilines is 1. The number of ether oxygens (including phenoxy) is 1. The minimum atomic E-state index is -0.323. The van der Waals surface area contributed by atoms with Crippen LogP contribution in [0.2, 0.25) is 0 Å². The number of aromatic nitrogens is 1. The van der Waals surface area contributed by atoms with Crippen molar-refractivity contribution in [3.8, 4) is 11.8 Å². The second-order valence-electron chi connectivity index (χ2n) is 3.51. The predicted octanol–water partition coefficient (Wildman–Crippen LogP) is 1.38. The molecule has 0 aliphatic heterocycles. The molecule has 0 fully saturated rings. The number of fused-ring (bicyclic) bond motifs is 1. The molecule has 0 radical (unpaired) electrons. The Kier molecular flexibility index (Phi) is 2.71. The first-order valence-electron chi connectivity index (χ1n) is 5.15. The average molecular weight is 229 g/mol. The SMILES string of the molecule is CCOc1cc2[nH]cc(C#N)c(=O)c2cc1N. The van der Waals surface area contributed by atoms with Crippen LogP contribution in [0.25, 0.3) is 10.9 Å². The first kappa shape index (κ1) is 11.0. The molecule has 5 nitrogen and oxygen atoms in total. The molecule has 0 saturated carbocycles. The van der Waals surface area contributed by atoms with E-state index in [9.17, 15) is 4.79 Å². The Morgan fingerprint density at radius 1 is 1.53 bits per heavy atom. The molecule has 0 atom stereocenters. The molecule has 3 N–H and O–H groups in total. The minimum Gasteiger partial charge on any atom is -0.492 e. The van der Waals surface area contributed by atoms with E-state index in [-0.39, 0.29) is 11.0 Å². The number of nitrogens with zero attached hydrogens (tertiary/aromatic N) is 1. The summed E-state index contributed by atoms with van der Waals surface area (Å²) in [7, 11) is 0. The fourth-order valence-corrected chi connectivity index (χ4v) is 1.63. The molecule has 0 aliphatic rings. The zero-order chi connectivity index (χ0) is 12.4. The van der Waals surface area contributed by atoms with Gasteiger partial charge in [0.2, 0.25) is 5.43 Å². The van der Waals surface area contributed by atoms with Crippen molar-refractivity contribution >= 4 is 16.6 Å². The maximum absolute atomic E-state index is 11.8. The number of hydrogen-bond donors (Lipinski definition) is 2. The van der Waals surface area contributed by atoms with Crippen molar-refractivity contribution in [2.45, 2.75) is 6.92 Å². The van der Waals surface area contributed by atoms with Gasteiger partial charge in [0.1, 0.15) is 17.4 Å². The van der Waals surface area contributed by atoms with Crippen LogP contribution in [0, 0.1) is 11.3 Å². The molecule has 1 aromatic heterocycles. The van der Waals surface area contributed by atoms with Gasteiger partial charge in [0.15, 0.2) is 0 Å². The number of aromatic amines is 1. The summed E-state index contributed by atoms with van der Waals surface area (Å²) >= 11 is 0. The summed E-state index contributed by atoms with van der Waals surface area (Å²) in [5.74, 6) is 0.528. The van der Waals surface area contributed by atoms with Gasteiger partial charge in [-0.05, 0) is 13.0 Å². The monoisotopic (exact) mass is 229 g/mol. The van der Waals surface area contributed by atoms with Crippen LogP contribution in [0.5, 0.6) is 5.75 Å². The van der Waals surface area contributed by atoms with Crippen molar-refractivity contribution in [3.63, 3.8) is 0 Å². The molecular weight excluding hydrogens is 218 g/mol. The Bertz CT molecular complexity index is 668. The lowest BCUT2D eigenvalue weighted by Crippen LogP contribution is -2.08. The van der Waals surface area contributed by atoms with Gasteiger partial charge in [-0.15, -0.1) is 0 Å². The normalized spacial score (nSPS) is 10.1. The summed E-state index contributed by atoms with van der Waals surface area (Å²) in [6.45, 7) is 2.35. The molecule has 0 unspecified atom stereocenters. The minimum absolute atomic E-state index is 0.0704. The lowest BCUT2D eigenvalue weighted by molar-refractivity contribution is 0.342. The smallest absolute Gasteiger partial charge is 0.207 e. The molecule has 2 rings (SSSR count). The van der Waals surface area contributed by atoms with Crippen LogP contribution in [-0.2, 0) is 0 Å². The van der Waals surface area contributed by atoms with Gasteiger partial charge in [0, 0.05) is 17.6 Å². The summed E-state index contributed by atoms with van der Waals surface area (Å²) in [4.78, 5) is 14.7. The lowest BCUT2D eigenvalue weighted by Gasteiger charge is -2.08. The van der Waals surface area contributed by atoms with Crippen molar-refractivity contribution < 1.29 is 4.74 Å². The highest BCUT2D eigenvalue weighted by Crippen LogP contribution is 2.25. The Hall–Kier alpha value is -2.48. The largest absolute Gasteiger partial charge is 0.492 e. The van der Waals surface area contributed by atoms with Crippen LogP contribution < -0.4 is 15.9 Å². The fraction of sp³-hybridized carbons (Fsp3) is 0.167. The van der Waals surface area contributed by atoms with Crippen molar-refractivity contribution in [1.29, 1.82) is 5.26 Å². The van der Waals surface area contributed by atoms with E-state index in [1.807, 2.05) is 13.0 Å². The van der Waals surface area contributed by atoms with Gasteiger partial charge < -0.3 is 15.5 Å². The number of rotatable bonds is 2. The highest BCUT2D eigenvalue weighted by molar-refractivity contribution is 5.85. The number of nitrogen functional groups attached to an aromatic ring is 1. The number of benzene rings is 1. The Morgan fingerprint density at radius 2 is 2.29 bits per heavy atom. The fourth-order valence-electron chi connectivity index (χ4n) is 1.63. The number of hydrogen-bond acceptors (Lipinski definition) is 4. The quantitative estimate of drug-likeness (QED) is 0.761. The molecule has 86 valence electrons. The molecule has 0 bridgehead atoms. The summed E-state index contributed by atoms with van der Waals surface area (Å²) < 4.78 is 5.33. The molecule has 1 heterocycles. The summed E-state index contributed by atoms with van der Waals surface area (Å²) in [6.07, 6.45) is 1.39. The zero-order valence-electron chi connectivity index (χ0n) is 9.28. The van der Waals surface area contributed by atoms with Gasteiger partial charge in [-0.25, -0.2) is 0 Å². The Labute approximate surface area is 97.4 Å². The van der Waals surface area contributed by atoms with Gasteiger partial charge in [-0.3, -0.25) is 4.79 Å². The number of nitrogens with two attached hydrogens (primary N) is 1. The average Bonchev–Trinajstić information content (AvgIpc) is 2.32. The maximum atomic E-state index is 11.8. The van der Waals surface area contributed by atoms with E-state index in [1.54, 1.807) is 6.07 Å². The number of nitriles is 1. The molecule has 0 spiro atoms. The van der Waals surface area contributed by atoms with E-state index in [0.29, 0.717) is 28.9 Å². The number of nitrogens with one attached hydrogen (secondary N) is 1. The van der Waals surface area contributed by atoms with Crippen molar-refractivity contribution in [1.82, 2.24) is 4.98 Å². The Morgan fingerprint density at radius 3 is 2.94 bits per heavy atom. The summed E-state index contributed by atoms with van der Waals surface area (Å²) in [5, 5.41) is 9.15. The third-order valence-electron chi connectivity index (χ3n) is 2.43. The van der Waals surface area contributed by atoms with Crippen LogP contribution in [0.3, 0.4) is 0 Å². The van der Waals surface area contributed by atoms with Crippen LogP contribution in [0.15, 0.2) is 23.1 Å². The first-order chi connectivity index (χ1) is 8.17. The lowest BCUT2D eigenvalue weighted by atomic mass is 10.1. The molecule has 17 heavy (non-hydrogen) atoms. The highest BCUT2D eigenvalue weighted by atomic mass is 16.5. The predicted molar refractivity (Wildman–Crippen MR) is 64.9 cm³/mol. The maximum Gasteiger partial charge on any atom is 0.207 e. The van der Waals surface area contributed by atoms with Gasteiger partial charge in [0.05, 0.1) is 17.8 Å². The standard InChI is InChI=1S/C12H11N3O2/c1-2-17-11-4-10-8(3-9(11)14)12(16)7(5-13)6-15-10/h3-4,6H,2,14H2,1H3,(H,15,16). The number of pyridine rings is 1. The number of H-pyrrole nitrogens is 1. The van der Waals surface area contributed by atoms with E-state index in [1.165, 1.54) is 12.3 Å². The van der Waals surface area contributed by atoms with Gasteiger partial charge in [-0.1, -0.05) is 0 Å². The van der Waals surface area contributed by atoms with E-state index >= 15 is 0 Å². The molecule has 0 saturated heterocycles. The van der Waals surface area contributed by atoms with Crippen molar-refractivity contribution in [3.05, 3.63) is 34.1 Å². The summed E-state index contributed by atoms with van der Waals surface area (Å²) in [5.41, 5.74) is 6.51. The van der Waals surface area contributed by atoms with Gasteiger partial charge >= 0.3 is 0 Å².